The zero-order valence-electron chi connectivity index (χ0n) is 12.1. The minimum absolute atomic E-state index is 0.222. The van der Waals surface area contributed by atoms with E-state index in [-0.39, 0.29) is 11.7 Å². The van der Waals surface area contributed by atoms with Crippen molar-refractivity contribution in [3.8, 4) is 5.88 Å². The number of amides is 1. The van der Waals surface area contributed by atoms with Crippen molar-refractivity contribution in [3.05, 3.63) is 23.2 Å². The van der Waals surface area contributed by atoms with Gasteiger partial charge >= 0.3 is 0 Å². The third-order valence-corrected chi connectivity index (χ3v) is 3.75. The summed E-state index contributed by atoms with van der Waals surface area (Å²) in [5, 5.41) is 3.42. The van der Waals surface area contributed by atoms with Crippen LogP contribution in [0.4, 0.5) is 16.6 Å². The second kappa shape index (κ2) is 6.40. The maximum atomic E-state index is 12.2. The molecule has 0 aromatic carbocycles. The summed E-state index contributed by atoms with van der Waals surface area (Å²) in [6.45, 7) is 2.43. The minimum atomic E-state index is -0.302. The summed E-state index contributed by atoms with van der Waals surface area (Å²) >= 11 is 1.24. The number of nitrogen functional groups attached to an aromatic ring is 1. The first-order valence-corrected chi connectivity index (χ1v) is 7.16. The molecule has 0 aliphatic carbocycles. The first-order valence-electron chi connectivity index (χ1n) is 6.35. The van der Waals surface area contributed by atoms with Crippen LogP contribution in [-0.2, 0) is 0 Å². The fourth-order valence-corrected chi connectivity index (χ4v) is 2.35. The highest BCUT2D eigenvalue weighted by atomic mass is 32.1. The van der Waals surface area contributed by atoms with Gasteiger partial charge in [0.25, 0.3) is 5.91 Å². The number of pyridine rings is 1. The van der Waals surface area contributed by atoms with Gasteiger partial charge in [0, 0.05) is 20.2 Å². The molecule has 0 radical (unpaired) electrons. The standard InChI is InChI=1S/C13H17N5O2S/c1-4-20-9-6-5-8(7-15-9)16-12(19)10-11(14)17-13(21-10)18(2)3/h5-7H,4,14H2,1-3H3,(H,16,19). The number of anilines is 3. The molecule has 2 aromatic rings. The van der Waals surface area contributed by atoms with E-state index < -0.39 is 0 Å². The molecule has 0 aliphatic heterocycles. The molecule has 2 rings (SSSR count). The Labute approximate surface area is 126 Å². The van der Waals surface area contributed by atoms with E-state index in [4.69, 9.17) is 10.5 Å². The second-order valence-corrected chi connectivity index (χ2v) is 5.36. The van der Waals surface area contributed by atoms with E-state index in [9.17, 15) is 4.79 Å². The molecule has 21 heavy (non-hydrogen) atoms. The Bertz CT molecular complexity index is 624. The van der Waals surface area contributed by atoms with Crippen LogP contribution in [0.5, 0.6) is 5.88 Å². The lowest BCUT2D eigenvalue weighted by atomic mass is 10.4. The molecule has 0 fully saturated rings. The number of nitrogens with two attached hydrogens (primary N) is 1. The van der Waals surface area contributed by atoms with Crippen molar-refractivity contribution in [1.29, 1.82) is 0 Å². The number of aromatic nitrogens is 2. The fourth-order valence-electron chi connectivity index (χ4n) is 1.55. The largest absolute Gasteiger partial charge is 0.478 e. The monoisotopic (exact) mass is 307 g/mol. The van der Waals surface area contributed by atoms with Crippen LogP contribution in [0.25, 0.3) is 0 Å². The zero-order chi connectivity index (χ0) is 15.4. The van der Waals surface area contributed by atoms with Gasteiger partial charge in [-0.1, -0.05) is 11.3 Å². The number of nitrogens with one attached hydrogen (secondary N) is 1. The van der Waals surface area contributed by atoms with Gasteiger partial charge in [-0.2, -0.15) is 0 Å². The van der Waals surface area contributed by atoms with Crippen molar-refractivity contribution in [3.63, 3.8) is 0 Å². The highest BCUT2D eigenvalue weighted by molar-refractivity contribution is 7.18. The average Bonchev–Trinajstić information content (AvgIpc) is 2.84. The fraction of sp³-hybridized carbons (Fsp3) is 0.308. The summed E-state index contributed by atoms with van der Waals surface area (Å²) in [4.78, 5) is 22.6. The molecular formula is C13H17N5O2S. The summed E-state index contributed by atoms with van der Waals surface area (Å²) < 4.78 is 5.24. The van der Waals surface area contributed by atoms with Gasteiger partial charge in [-0.3, -0.25) is 4.79 Å². The third kappa shape index (κ3) is 3.60. The number of carbonyl (C=O) groups is 1. The van der Waals surface area contributed by atoms with E-state index in [2.05, 4.69) is 15.3 Å². The normalized spacial score (nSPS) is 10.2. The summed E-state index contributed by atoms with van der Waals surface area (Å²) in [5.74, 6) is 0.437. The van der Waals surface area contributed by atoms with Gasteiger partial charge in [0.15, 0.2) is 5.13 Å². The van der Waals surface area contributed by atoms with Crippen molar-refractivity contribution in [2.24, 2.45) is 0 Å². The molecule has 0 unspecified atom stereocenters. The molecule has 0 bridgehead atoms. The van der Waals surface area contributed by atoms with Crippen LogP contribution in [0.1, 0.15) is 16.6 Å². The average molecular weight is 307 g/mol. The third-order valence-electron chi connectivity index (χ3n) is 2.52. The van der Waals surface area contributed by atoms with Crippen molar-refractivity contribution >= 4 is 33.9 Å². The SMILES string of the molecule is CCOc1ccc(NC(=O)c2sc(N(C)C)nc2N)cn1. The van der Waals surface area contributed by atoms with Crippen LogP contribution in [0.2, 0.25) is 0 Å². The summed E-state index contributed by atoms with van der Waals surface area (Å²) in [5.41, 5.74) is 6.35. The molecule has 1 amide bonds. The van der Waals surface area contributed by atoms with Gasteiger partial charge in [0.1, 0.15) is 10.7 Å². The first kappa shape index (κ1) is 15.0. The van der Waals surface area contributed by atoms with E-state index in [1.165, 1.54) is 17.5 Å². The van der Waals surface area contributed by atoms with Crippen LogP contribution in [0.3, 0.4) is 0 Å². The topological polar surface area (TPSA) is 93.4 Å². The van der Waals surface area contributed by atoms with E-state index in [1.54, 1.807) is 17.0 Å². The molecule has 2 aromatic heterocycles. The van der Waals surface area contributed by atoms with Gasteiger partial charge in [-0.15, -0.1) is 0 Å². The maximum absolute atomic E-state index is 12.2. The van der Waals surface area contributed by atoms with Gasteiger partial charge < -0.3 is 20.7 Å². The Morgan fingerprint density at radius 2 is 2.24 bits per heavy atom. The van der Waals surface area contributed by atoms with Crippen molar-refractivity contribution < 1.29 is 9.53 Å². The van der Waals surface area contributed by atoms with Crippen LogP contribution in [0.15, 0.2) is 18.3 Å². The zero-order valence-corrected chi connectivity index (χ0v) is 12.9. The predicted molar refractivity (Wildman–Crippen MR) is 84.2 cm³/mol. The Morgan fingerprint density at radius 3 is 2.76 bits per heavy atom. The van der Waals surface area contributed by atoms with E-state index in [0.717, 1.165) is 0 Å². The summed E-state index contributed by atoms with van der Waals surface area (Å²) in [6, 6.07) is 3.42. The minimum Gasteiger partial charge on any atom is -0.478 e. The van der Waals surface area contributed by atoms with E-state index in [0.29, 0.717) is 28.2 Å². The van der Waals surface area contributed by atoms with Crippen molar-refractivity contribution in [2.75, 3.05) is 36.7 Å². The molecule has 0 aliphatic rings. The van der Waals surface area contributed by atoms with Crippen LogP contribution >= 0.6 is 11.3 Å². The van der Waals surface area contributed by atoms with Crippen LogP contribution in [-0.4, -0.2) is 36.6 Å². The van der Waals surface area contributed by atoms with Crippen molar-refractivity contribution in [2.45, 2.75) is 6.92 Å². The Morgan fingerprint density at radius 1 is 1.48 bits per heavy atom. The number of rotatable bonds is 5. The highest BCUT2D eigenvalue weighted by Crippen LogP contribution is 2.27. The number of thiazole rings is 1. The molecule has 8 heteroatoms. The number of nitrogens with zero attached hydrogens (tertiary/aromatic N) is 3. The smallest absolute Gasteiger partial charge is 0.269 e. The molecule has 0 saturated heterocycles. The lowest BCUT2D eigenvalue weighted by Gasteiger charge is -2.06. The molecule has 0 spiro atoms. The molecule has 112 valence electrons. The highest BCUT2D eigenvalue weighted by Gasteiger charge is 2.17. The van der Waals surface area contributed by atoms with Crippen LogP contribution in [0, 0.1) is 0 Å². The molecular weight excluding hydrogens is 290 g/mol. The van der Waals surface area contributed by atoms with Gasteiger partial charge in [0.2, 0.25) is 5.88 Å². The molecule has 2 heterocycles. The quantitative estimate of drug-likeness (QED) is 0.875. The van der Waals surface area contributed by atoms with Gasteiger partial charge in [-0.05, 0) is 13.0 Å². The van der Waals surface area contributed by atoms with Crippen molar-refractivity contribution in [1.82, 2.24) is 9.97 Å². The predicted octanol–water partition coefficient (Wildman–Crippen LogP) is 1.84. The van der Waals surface area contributed by atoms with Gasteiger partial charge in [0.05, 0.1) is 18.5 Å². The number of carbonyl (C=O) groups excluding carboxylic acids is 1. The Kier molecular flexibility index (Phi) is 4.59. The second-order valence-electron chi connectivity index (χ2n) is 4.38. The molecule has 0 saturated carbocycles. The first-order chi connectivity index (χ1) is 10.0. The molecule has 0 atom stereocenters. The Hall–Kier alpha value is -2.35. The van der Waals surface area contributed by atoms with E-state index in [1.807, 2.05) is 21.0 Å². The maximum Gasteiger partial charge on any atom is 0.269 e. The summed E-state index contributed by atoms with van der Waals surface area (Å²) in [7, 11) is 3.69. The lowest BCUT2D eigenvalue weighted by molar-refractivity contribution is 0.103. The van der Waals surface area contributed by atoms with Crippen LogP contribution < -0.4 is 20.7 Å². The molecule has 3 N–H and O–H groups in total. The van der Waals surface area contributed by atoms with Gasteiger partial charge in [-0.25, -0.2) is 9.97 Å². The lowest BCUT2D eigenvalue weighted by Crippen LogP contribution is -2.12. The number of ether oxygens (including phenoxy) is 1. The molecule has 7 nitrogen and oxygen atoms in total. The Balaban J connectivity index is 2.10. The number of hydrogen-bond donors (Lipinski definition) is 2. The number of hydrogen-bond acceptors (Lipinski definition) is 7. The van der Waals surface area contributed by atoms with E-state index >= 15 is 0 Å². The summed E-state index contributed by atoms with van der Waals surface area (Å²) in [6.07, 6.45) is 1.53.